The third-order valence-corrected chi connectivity index (χ3v) is 10.9. The smallest absolute Gasteiger partial charge is 0.0679 e. The Kier molecular flexibility index (Phi) is 7.59. The van der Waals surface area contributed by atoms with Crippen molar-refractivity contribution in [2.75, 3.05) is 4.90 Å². The number of hydrogen-bond donors (Lipinski definition) is 0. The molecule has 0 N–H and O–H groups in total. The number of benzene rings is 9. The van der Waals surface area contributed by atoms with E-state index >= 15 is 0 Å². The van der Waals surface area contributed by atoms with Gasteiger partial charge in [0.1, 0.15) is 0 Å². The van der Waals surface area contributed by atoms with Crippen molar-refractivity contribution in [2.24, 2.45) is 0 Å². The van der Waals surface area contributed by atoms with Crippen LogP contribution in [0.1, 0.15) is 11.4 Å². The lowest BCUT2D eigenvalue weighted by Gasteiger charge is -2.26. The van der Waals surface area contributed by atoms with Crippen molar-refractivity contribution in [1.82, 2.24) is 9.78 Å². The largest absolute Gasteiger partial charge is 0.310 e. The van der Waals surface area contributed by atoms with Crippen LogP contribution in [0.2, 0.25) is 0 Å². The van der Waals surface area contributed by atoms with Gasteiger partial charge in [0.15, 0.2) is 0 Å². The van der Waals surface area contributed by atoms with E-state index in [0.29, 0.717) is 0 Å². The lowest BCUT2D eigenvalue weighted by Crippen LogP contribution is -2.09. The van der Waals surface area contributed by atoms with Crippen molar-refractivity contribution in [3.05, 3.63) is 199 Å². The molecule has 0 atom stereocenters. The summed E-state index contributed by atoms with van der Waals surface area (Å²) in [5.41, 5.74) is 11.4. The summed E-state index contributed by atoms with van der Waals surface area (Å²) in [4.78, 5) is 2.37. The molecule has 10 aromatic rings. The maximum Gasteiger partial charge on any atom is 0.0679 e. The standard InChI is InChI=1S/C51H37N3/c1-34-49(35(2)54(52-34)42-18-4-3-5-19-42)51-47-22-12-10-20-45(47)50(46-21-11-13-23-48(46)51)38-26-28-41(29-27-38)53(43-30-24-36-14-6-8-16-39(36)32-43)44-31-25-37-15-7-9-17-40(37)33-44/h3-33H,1-2H3. The molecular formula is C51H37N3. The predicted octanol–water partition coefficient (Wildman–Crippen LogP) is 13.9. The molecule has 0 aliphatic heterocycles. The van der Waals surface area contributed by atoms with Crippen molar-refractivity contribution >= 4 is 60.2 Å². The van der Waals surface area contributed by atoms with Crippen molar-refractivity contribution in [3.63, 3.8) is 0 Å². The lowest BCUT2D eigenvalue weighted by molar-refractivity contribution is 0.834. The highest BCUT2D eigenvalue weighted by Gasteiger charge is 2.22. The summed E-state index contributed by atoms with van der Waals surface area (Å²) in [6, 6.07) is 67.9. The maximum absolute atomic E-state index is 5.07. The van der Waals surface area contributed by atoms with Gasteiger partial charge in [0, 0.05) is 33.9 Å². The van der Waals surface area contributed by atoms with Gasteiger partial charge in [0.25, 0.3) is 0 Å². The molecule has 0 radical (unpaired) electrons. The number of para-hydroxylation sites is 1. The first-order valence-corrected chi connectivity index (χ1v) is 18.6. The summed E-state index contributed by atoms with van der Waals surface area (Å²) >= 11 is 0. The van der Waals surface area contributed by atoms with Crippen LogP contribution in [0.3, 0.4) is 0 Å². The van der Waals surface area contributed by atoms with Gasteiger partial charge in [-0.2, -0.15) is 5.10 Å². The molecule has 1 heterocycles. The zero-order chi connectivity index (χ0) is 36.2. The van der Waals surface area contributed by atoms with Crippen molar-refractivity contribution in [2.45, 2.75) is 13.8 Å². The summed E-state index contributed by atoms with van der Waals surface area (Å²) in [7, 11) is 0. The molecule has 54 heavy (non-hydrogen) atoms. The Balaban J connectivity index is 1.15. The molecule has 0 saturated carbocycles. The van der Waals surface area contributed by atoms with Crippen molar-refractivity contribution in [3.8, 4) is 27.9 Å². The number of nitrogens with zero attached hydrogens (tertiary/aromatic N) is 3. The van der Waals surface area contributed by atoms with E-state index < -0.39 is 0 Å². The van der Waals surface area contributed by atoms with Gasteiger partial charge in [0.2, 0.25) is 0 Å². The quantitative estimate of drug-likeness (QED) is 0.162. The summed E-state index contributed by atoms with van der Waals surface area (Å²) < 4.78 is 2.08. The third kappa shape index (κ3) is 5.24. The predicted molar refractivity (Wildman–Crippen MR) is 229 cm³/mol. The van der Waals surface area contributed by atoms with Crippen LogP contribution in [0.25, 0.3) is 71.0 Å². The Hall–Kier alpha value is -6.97. The van der Waals surface area contributed by atoms with Gasteiger partial charge in [-0.1, -0.05) is 140 Å². The van der Waals surface area contributed by atoms with E-state index in [-0.39, 0.29) is 0 Å². The first-order chi connectivity index (χ1) is 26.6. The molecular weight excluding hydrogens is 655 g/mol. The molecule has 10 rings (SSSR count). The molecule has 0 aliphatic carbocycles. The van der Waals surface area contributed by atoms with Crippen molar-refractivity contribution < 1.29 is 0 Å². The summed E-state index contributed by atoms with van der Waals surface area (Å²) in [6.07, 6.45) is 0. The second-order valence-electron chi connectivity index (χ2n) is 14.1. The van der Waals surface area contributed by atoms with Crippen LogP contribution in [0, 0.1) is 13.8 Å². The summed E-state index contributed by atoms with van der Waals surface area (Å²) in [5.74, 6) is 0. The molecule has 0 aliphatic rings. The van der Waals surface area contributed by atoms with E-state index in [1.807, 2.05) is 6.07 Å². The highest BCUT2D eigenvalue weighted by molar-refractivity contribution is 6.21. The minimum Gasteiger partial charge on any atom is -0.310 e. The monoisotopic (exact) mass is 691 g/mol. The Bertz CT molecular complexity index is 2870. The van der Waals surface area contributed by atoms with E-state index in [2.05, 4.69) is 205 Å². The van der Waals surface area contributed by atoms with Crippen molar-refractivity contribution in [1.29, 1.82) is 0 Å². The SMILES string of the molecule is Cc1nn(-c2ccccc2)c(C)c1-c1c2ccccc2c(-c2ccc(N(c3ccc4ccccc4c3)c3ccc4ccccc4c3)cc2)c2ccccc12. The van der Waals surface area contributed by atoms with E-state index in [0.717, 1.165) is 34.1 Å². The number of anilines is 3. The minimum absolute atomic E-state index is 1.02. The van der Waals surface area contributed by atoms with Gasteiger partial charge < -0.3 is 4.90 Å². The first-order valence-electron chi connectivity index (χ1n) is 18.6. The fourth-order valence-electron chi connectivity index (χ4n) is 8.39. The fraction of sp³-hybridized carbons (Fsp3) is 0.0392. The van der Waals surface area contributed by atoms with Crippen LogP contribution in [0.4, 0.5) is 17.1 Å². The molecule has 0 saturated heterocycles. The lowest BCUT2D eigenvalue weighted by atomic mass is 9.85. The molecule has 0 unspecified atom stereocenters. The van der Waals surface area contributed by atoms with Gasteiger partial charge in [-0.3, -0.25) is 0 Å². The molecule has 9 aromatic carbocycles. The zero-order valence-electron chi connectivity index (χ0n) is 30.2. The van der Waals surface area contributed by atoms with Gasteiger partial charge in [-0.15, -0.1) is 0 Å². The number of rotatable bonds is 6. The molecule has 1 aromatic heterocycles. The Morgan fingerprint density at radius 1 is 0.389 bits per heavy atom. The zero-order valence-corrected chi connectivity index (χ0v) is 30.2. The van der Waals surface area contributed by atoms with Crippen LogP contribution < -0.4 is 4.90 Å². The van der Waals surface area contributed by atoms with Crippen LogP contribution in [0.15, 0.2) is 188 Å². The number of aromatic nitrogens is 2. The first kappa shape index (κ1) is 31.7. The summed E-state index contributed by atoms with van der Waals surface area (Å²) in [5, 5.41) is 14.9. The maximum atomic E-state index is 5.07. The normalized spacial score (nSPS) is 11.5. The van der Waals surface area contributed by atoms with Gasteiger partial charge in [0.05, 0.1) is 11.4 Å². The Morgan fingerprint density at radius 2 is 0.833 bits per heavy atom. The van der Waals surface area contributed by atoms with E-state index in [1.165, 1.54) is 65.3 Å². The minimum atomic E-state index is 1.02. The van der Waals surface area contributed by atoms with Crippen LogP contribution in [-0.4, -0.2) is 9.78 Å². The topological polar surface area (TPSA) is 21.1 Å². The molecule has 0 fully saturated rings. The third-order valence-electron chi connectivity index (χ3n) is 10.9. The molecule has 3 nitrogen and oxygen atoms in total. The fourth-order valence-corrected chi connectivity index (χ4v) is 8.39. The van der Waals surface area contributed by atoms with Gasteiger partial charge in [-0.05, 0) is 117 Å². The van der Waals surface area contributed by atoms with E-state index in [1.54, 1.807) is 0 Å². The average molecular weight is 692 g/mol. The highest BCUT2D eigenvalue weighted by atomic mass is 15.3. The second kappa shape index (κ2) is 12.9. The van der Waals surface area contributed by atoms with Crippen LogP contribution in [0.5, 0.6) is 0 Å². The number of fused-ring (bicyclic) bond motifs is 4. The van der Waals surface area contributed by atoms with Crippen LogP contribution in [-0.2, 0) is 0 Å². The second-order valence-corrected chi connectivity index (χ2v) is 14.1. The van der Waals surface area contributed by atoms with Gasteiger partial charge >= 0.3 is 0 Å². The Morgan fingerprint density at radius 3 is 1.37 bits per heavy atom. The molecule has 0 spiro atoms. The van der Waals surface area contributed by atoms with Crippen LogP contribution >= 0.6 is 0 Å². The number of hydrogen-bond acceptors (Lipinski definition) is 2. The molecule has 0 amide bonds. The van der Waals surface area contributed by atoms with Gasteiger partial charge in [-0.25, -0.2) is 4.68 Å². The molecule has 256 valence electrons. The molecule has 3 heteroatoms. The van der Waals surface area contributed by atoms with E-state index in [9.17, 15) is 0 Å². The average Bonchev–Trinajstić information content (AvgIpc) is 3.53. The summed E-state index contributed by atoms with van der Waals surface area (Å²) in [6.45, 7) is 4.32. The highest BCUT2D eigenvalue weighted by Crippen LogP contribution is 2.46. The Labute approximate surface area is 315 Å². The molecule has 0 bridgehead atoms. The number of aryl methyl sites for hydroxylation is 1. The van der Waals surface area contributed by atoms with E-state index in [4.69, 9.17) is 5.10 Å².